The Labute approximate surface area is 148 Å². The van der Waals surface area contributed by atoms with Crippen LogP contribution in [-0.4, -0.2) is 41.9 Å². The van der Waals surface area contributed by atoms with Crippen LogP contribution in [0.5, 0.6) is 0 Å². The Kier molecular flexibility index (Phi) is 5.79. The van der Waals surface area contributed by atoms with Gasteiger partial charge in [0.2, 0.25) is 5.91 Å². The number of thioether (sulfide) groups is 1. The van der Waals surface area contributed by atoms with E-state index >= 15 is 0 Å². The SMILES string of the molecule is COCCNC(=O)CSc1nc(-c2cccs2)nc2ccccc12. The maximum Gasteiger partial charge on any atom is 0.230 e. The molecule has 3 aromatic rings. The van der Waals surface area contributed by atoms with Crippen LogP contribution in [0.15, 0.2) is 46.8 Å². The van der Waals surface area contributed by atoms with Crippen LogP contribution in [0, 0.1) is 0 Å². The van der Waals surface area contributed by atoms with Crippen molar-refractivity contribution in [1.82, 2.24) is 15.3 Å². The number of methoxy groups -OCH3 is 1. The molecule has 0 fully saturated rings. The number of ether oxygens (including phenoxy) is 1. The first-order chi connectivity index (χ1) is 11.8. The largest absolute Gasteiger partial charge is 0.383 e. The van der Waals surface area contributed by atoms with Gasteiger partial charge < -0.3 is 10.1 Å². The monoisotopic (exact) mass is 359 g/mol. The summed E-state index contributed by atoms with van der Waals surface area (Å²) in [5.74, 6) is 0.984. The van der Waals surface area contributed by atoms with Crippen LogP contribution in [0.2, 0.25) is 0 Å². The molecule has 0 radical (unpaired) electrons. The minimum Gasteiger partial charge on any atom is -0.383 e. The lowest BCUT2D eigenvalue weighted by molar-refractivity contribution is -0.118. The summed E-state index contributed by atoms with van der Waals surface area (Å²) in [6.07, 6.45) is 0. The van der Waals surface area contributed by atoms with Gasteiger partial charge in [0.1, 0.15) is 5.03 Å². The van der Waals surface area contributed by atoms with Crippen LogP contribution in [-0.2, 0) is 9.53 Å². The molecule has 2 heterocycles. The van der Waals surface area contributed by atoms with E-state index in [0.29, 0.717) is 24.7 Å². The lowest BCUT2D eigenvalue weighted by Crippen LogP contribution is -2.28. The lowest BCUT2D eigenvalue weighted by atomic mass is 10.2. The number of carbonyl (C=O) groups is 1. The quantitative estimate of drug-likeness (QED) is 0.399. The number of amides is 1. The van der Waals surface area contributed by atoms with E-state index < -0.39 is 0 Å². The van der Waals surface area contributed by atoms with Crippen molar-refractivity contribution in [2.24, 2.45) is 0 Å². The van der Waals surface area contributed by atoms with Gasteiger partial charge >= 0.3 is 0 Å². The molecular weight excluding hydrogens is 342 g/mol. The van der Waals surface area contributed by atoms with E-state index in [0.717, 1.165) is 20.8 Å². The van der Waals surface area contributed by atoms with Gasteiger partial charge in [-0.25, -0.2) is 9.97 Å². The summed E-state index contributed by atoms with van der Waals surface area (Å²) in [5.41, 5.74) is 0.887. The number of hydrogen-bond donors (Lipinski definition) is 1. The summed E-state index contributed by atoms with van der Waals surface area (Å²) in [6, 6.07) is 11.9. The number of nitrogens with one attached hydrogen (secondary N) is 1. The zero-order valence-corrected chi connectivity index (χ0v) is 14.8. The summed E-state index contributed by atoms with van der Waals surface area (Å²) < 4.78 is 4.93. The van der Waals surface area contributed by atoms with Crippen molar-refractivity contribution < 1.29 is 9.53 Å². The van der Waals surface area contributed by atoms with Gasteiger partial charge in [-0.05, 0) is 17.5 Å². The summed E-state index contributed by atoms with van der Waals surface area (Å²) in [5, 5.41) is 6.61. The lowest BCUT2D eigenvalue weighted by Gasteiger charge is -2.08. The van der Waals surface area contributed by atoms with Crippen LogP contribution in [0.25, 0.3) is 21.6 Å². The highest BCUT2D eigenvalue weighted by Crippen LogP contribution is 2.29. The van der Waals surface area contributed by atoms with Crippen molar-refractivity contribution in [3.8, 4) is 10.7 Å². The Balaban J connectivity index is 1.82. The van der Waals surface area contributed by atoms with Gasteiger partial charge in [-0.15, -0.1) is 11.3 Å². The number of carbonyl (C=O) groups excluding carboxylic acids is 1. The number of rotatable bonds is 7. The van der Waals surface area contributed by atoms with Crippen LogP contribution in [0.3, 0.4) is 0 Å². The second-order valence-electron chi connectivity index (χ2n) is 4.98. The Morgan fingerprint density at radius 2 is 2.12 bits per heavy atom. The molecular formula is C17H17N3O2S2. The Hall–Kier alpha value is -1.96. The number of nitrogens with zero attached hydrogens (tertiary/aromatic N) is 2. The second-order valence-corrected chi connectivity index (χ2v) is 6.89. The first-order valence-electron chi connectivity index (χ1n) is 7.47. The molecule has 1 N–H and O–H groups in total. The van der Waals surface area contributed by atoms with Gasteiger partial charge in [0.05, 0.1) is 22.8 Å². The van der Waals surface area contributed by atoms with Crippen molar-refractivity contribution in [2.75, 3.05) is 26.0 Å². The standard InChI is InChI=1S/C17H17N3O2S2/c1-22-9-8-18-15(21)11-24-17-12-5-2-3-6-13(12)19-16(20-17)14-7-4-10-23-14/h2-7,10H,8-9,11H2,1H3,(H,18,21). The second kappa shape index (κ2) is 8.23. The van der Waals surface area contributed by atoms with Gasteiger partial charge in [-0.1, -0.05) is 36.0 Å². The summed E-state index contributed by atoms with van der Waals surface area (Å²) >= 11 is 3.03. The number of benzene rings is 1. The Bertz CT molecular complexity index is 822. The predicted octanol–water partition coefficient (Wildman–Crippen LogP) is 3.21. The van der Waals surface area contributed by atoms with E-state index in [4.69, 9.17) is 4.74 Å². The molecule has 0 atom stereocenters. The van der Waals surface area contributed by atoms with E-state index in [2.05, 4.69) is 15.3 Å². The molecule has 1 aromatic carbocycles. The Morgan fingerprint density at radius 3 is 2.92 bits per heavy atom. The third-order valence-corrected chi connectivity index (χ3v) is 5.14. The maximum absolute atomic E-state index is 11.9. The van der Waals surface area contributed by atoms with Gasteiger partial charge in [-0.2, -0.15) is 0 Å². The average Bonchev–Trinajstić information content (AvgIpc) is 3.14. The number of aromatic nitrogens is 2. The van der Waals surface area contributed by atoms with Crippen molar-refractivity contribution >= 4 is 39.9 Å². The summed E-state index contributed by atoms with van der Waals surface area (Å²) in [4.78, 5) is 22.2. The molecule has 3 rings (SSSR count). The zero-order chi connectivity index (χ0) is 16.8. The number of hydrogen-bond acceptors (Lipinski definition) is 6. The molecule has 0 aliphatic carbocycles. The molecule has 0 spiro atoms. The normalized spacial score (nSPS) is 10.9. The zero-order valence-electron chi connectivity index (χ0n) is 13.2. The van der Waals surface area contributed by atoms with Crippen molar-refractivity contribution in [3.63, 3.8) is 0 Å². The molecule has 24 heavy (non-hydrogen) atoms. The van der Waals surface area contributed by atoms with Crippen molar-refractivity contribution in [3.05, 3.63) is 41.8 Å². The molecule has 0 saturated carbocycles. The van der Waals surface area contributed by atoms with Gasteiger partial charge in [0.15, 0.2) is 5.82 Å². The van der Waals surface area contributed by atoms with E-state index in [1.807, 2.05) is 41.8 Å². The fourth-order valence-corrected chi connectivity index (χ4v) is 3.66. The van der Waals surface area contributed by atoms with Gasteiger partial charge in [0, 0.05) is 19.0 Å². The van der Waals surface area contributed by atoms with Crippen molar-refractivity contribution in [1.29, 1.82) is 0 Å². The highest BCUT2D eigenvalue weighted by atomic mass is 32.2. The van der Waals surface area contributed by atoms with Crippen LogP contribution in [0.1, 0.15) is 0 Å². The predicted molar refractivity (Wildman–Crippen MR) is 98.5 cm³/mol. The molecule has 0 saturated heterocycles. The topological polar surface area (TPSA) is 64.1 Å². The smallest absolute Gasteiger partial charge is 0.230 e. The minimum absolute atomic E-state index is 0.0302. The van der Waals surface area contributed by atoms with E-state index in [-0.39, 0.29) is 5.91 Å². The molecule has 5 nitrogen and oxygen atoms in total. The summed E-state index contributed by atoms with van der Waals surface area (Å²) in [7, 11) is 1.61. The van der Waals surface area contributed by atoms with Crippen LogP contribution >= 0.6 is 23.1 Å². The third kappa shape index (κ3) is 4.11. The van der Waals surface area contributed by atoms with E-state index in [1.165, 1.54) is 11.8 Å². The molecule has 2 aromatic heterocycles. The first kappa shape index (κ1) is 16.9. The molecule has 0 aliphatic heterocycles. The average molecular weight is 359 g/mol. The van der Waals surface area contributed by atoms with E-state index in [1.54, 1.807) is 18.4 Å². The van der Waals surface area contributed by atoms with E-state index in [9.17, 15) is 4.79 Å². The molecule has 7 heteroatoms. The first-order valence-corrected chi connectivity index (χ1v) is 9.33. The van der Waals surface area contributed by atoms with Crippen LogP contribution in [0.4, 0.5) is 0 Å². The fraction of sp³-hybridized carbons (Fsp3) is 0.235. The number of para-hydroxylation sites is 1. The molecule has 0 unspecified atom stereocenters. The summed E-state index contributed by atoms with van der Waals surface area (Å²) in [6.45, 7) is 1.02. The molecule has 1 amide bonds. The number of fused-ring (bicyclic) bond motifs is 1. The highest BCUT2D eigenvalue weighted by Gasteiger charge is 2.12. The molecule has 0 bridgehead atoms. The highest BCUT2D eigenvalue weighted by molar-refractivity contribution is 8.00. The van der Waals surface area contributed by atoms with Gasteiger partial charge in [0.25, 0.3) is 0 Å². The number of thiophene rings is 1. The van der Waals surface area contributed by atoms with Gasteiger partial charge in [-0.3, -0.25) is 4.79 Å². The minimum atomic E-state index is -0.0302. The fourth-order valence-electron chi connectivity index (χ4n) is 2.15. The molecule has 124 valence electrons. The van der Waals surface area contributed by atoms with Crippen molar-refractivity contribution in [2.45, 2.75) is 5.03 Å². The maximum atomic E-state index is 11.9. The third-order valence-electron chi connectivity index (χ3n) is 3.28. The Morgan fingerprint density at radius 1 is 1.25 bits per heavy atom. The van der Waals surface area contributed by atoms with Crippen LogP contribution < -0.4 is 5.32 Å². The molecule has 0 aliphatic rings.